The van der Waals surface area contributed by atoms with E-state index in [-0.39, 0.29) is 21.2 Å². The first-order chi connectivity index (χ1) is 10.1. The summed E-state index contributed by atoms with van der Waals surface area (Å²) in [5.41, 5.74) is -5.65. The summed E-state index contributed by atoms with van der Waals surface area (Å²) in [5.74, 6) is 0. The van der Waals surface area contributed by atoms with Crippen molar-refractivity contribution in [2.75, 3.05) is 0 Å². The van der Waals surface area contributed by atoms with Crippen molar-refractivity contribution in [3.8, 4) is 0 Å². The fourth-order valence-corrected chi connectivity index (χ4v) is 3.57. The molecule has 0 N–H and O–H groups in total. The van der Waals surface area contributed by atoms with E-state index in [4.69, 9.17) is 13.0 Å². The summed E-state index contributed by atoms with van der Waals surface area (Å²) < 4.78 is 63.0. The third-order valence-electron chi connectivity index (χ3n) is 2.04. The van der Waals surface area contributed by atoms with Gasteiger partial charge in [-0.25, -0.2) is 8.42 Å². The highest BCUT2D eigenvalue weighted by atomic mass is 127. The molecule has 22 heavy (non-hydrogen) atoms. The van der Waals surface area contributed by atoms with Crippen LogP contribution in [0.1, 0.15) is 0 Å². The van der Waals surface area contributed by atoms with Crippen molar-refractivity contribution < 1.29 is 47.3 Å². The zero-order valence-electron chi connectivity index (χ0n) is 10.7. The van der Waals surface area contributed by atoms with Gasteiger partial charge in [0.05, 0.1) is 0 Å². The number of rotatable bonds is 2. The first kappa shape index (κ1) is 19.4. The molecule has 0 heterocycles. The molecule has 0 aliphatic heterocycles. The molecular formula is C13H9BrF3IO3S. The molecule has 0 radical (unpaired) electrons. The molecule has 0 aliphatic rings. The Balaban J connectivity index is 0.000000261. The van der Waals surface area contributed by atoms with Crippen molar-refractivity contribution in [2.45, 2.75) is 5.51 Å². The first-order valence-electron chi connectivity index (χ1n) is 5.57. The number of alkyl halides is 3. The maximum Gasteiger partial charge on any atom is 0.485 e. The van der Waals surface area contributed by atoms with Crippen LogP contribution >= 0.6 is 15.9 Å². The lowest BCUT2D eigenvalue weighted by Crippen LogP contribution is -3.61. The van der Waals surface area contributed by atoms with E-state index >= 15 is 0 Å². The summed E-state index contributed by atoms with van der Waals surface area (Å²) in [6, 6.07) is 19.3. The highest BCUT2D eigenvalue weighted by molar-refractivity contribution is 9.10. The fraction of sp³-hybridized carbons (Fsp3) is 0.0769. The standard InChI is InChI=1S/C12H9BrI.CHF3O3S/c13-10-6-8-12(9-7-10)14-11-4-2-1-3-5-11;2-1(3,4)8(5,6)7/h1-9H;(H,5,6,7)/q+1;/p-1. The number of benzene rings is 2. The molecule has 120 valence electrons. The van der Waals surface area contributed by atoms with E-state index in [9.17, 15) is 13.2 Å². The Morgan fingerprint density at radius 3 is 1.73 bits per heavy atom. The molecule has 0 saturated heterocycles. The van der Waals surface area contributed by atoms with E-state index in [1.165, 1.54) is 7.14 Å². The second-order valence-electron chi connectivity index (χ2n) is 3.73. The maximum atomic E-state index is 10.7. The Kier molecular flexibility index (Phi) is 7.29. The predicted octanol–water partition coefficient (Wildman–Crippen LogP) is 0.629. The van der Waals surface area contributed by atoms with Crippen LogP contribution in [0.25, 0.3) is 0 Å². The van der Waals surface area contributed by atoms with E-state index < -0.39 is 15.6 Å². The molecule has 2 aromatic rings. The van der Waals surface area contributed by atoms with Crippen LogP contribution in [0.2, 0.25) is 0 Å². The highest BCUT2D eigenvalue weighted by Crippen LogP contribution is 2.20. The summed E-state index contributed by atoms with van der Waals surface area (Å²) >= 11 is 3.44. The minimum Gasteiger partial charge on any atom is -0.741 e. The fourth-order valence-electron chi connectivity index (χ4n) is 1.10. The first-order valence-corrected chi connectivity index (χ1v) is 9.93. The Morgan fingerprint density at radius 1 is 0.909 bits per heavy atom. The van der Waals surface area contributed by atoms with Gasteiger partial charge in [0, 0.05) is 4.47 Å². The largest absolute Gasteiger partial charge is 0.741 e. The lowest BCUT2D eigenvalue weighted by molar-refractivity contribution is -0.597. The summed E-state index contributed by atoms with van der Waals surface area (Å²) in [6.07, 6.45) is 0. The summed E-state index contributed by atoms with van der Waals surface area (Å²) in [6.45, 7) is 0. The molecule has 9 heteroatoms. The normalized spacial score (nSPS) is 11.5. The number of hydrogen-bond donors (Lipinski definition) is 0. The van der Waals surface area contributed by atoms with Gasteiger partial charge in [-0.15, -0.1) is 0 Å². The minimum atomic E-state index is -6.09. The highest BCUT2D eigenvalue weighted by Gasteiger charge is 2.36. The van der Waals surface area contributed by atoms with Gasteiger partial charge < -0.3 is 4.55 Å². The number of halogens is 5. The number of hydrogen-bond acceptors (Lipinski definition) is 3. The van der Waals surface area contributed by atoms with Gasteiger partial charge in [-0.2, -0.15) is 13.2 Å². The summed E-state index contributed by atoms with van der Waals surface area (Å²) in [5, 5.41) is 0. The average molecular weight is 509 g/mol. The Morgan fingerprint density at radius 2 is 1.32 bits per heavy atom. The van der Waals surface area contributed by atoms with Crippen LogP contribution in [0.4, 0.5) is 13.2 Å². The van der Waals surface area contributed by atoms with Gasteiger partial charge in [0.1, 0.15) is 0 Å². The molecule has 0 spiro atoms. The minimum absolute atomic E-state index is 0.00492. The molecule has 3 nitrogen and oxygen atoms in total. The van der Waals surface area contributed by atoms with Crippen LogP contribution in [0.3, 0.4) is 0 Å². The quantitative estimate of drug-likeness (QED) is 0.340. The average Bonchev–Trinajstić information content (AvgIpc) is 2.41. The molecule has 2 aromatic carbocycles. The summed E-state index contributed by atoms with van der Waals surface area (Å²) in [4.78, 5) is 0. The Labute approximate surface area is 144 Å². The van der Waals surface area contributed by atoms with Crippen molar-refractivity contribution in [3.63, 3.8) is 0 Å². The SMILES string of the molecule is Brc1ccc([I+]c2ccccc2)cc1.O=S(=O)([O-])C(F)(F)F. The van der Waals surface area contributed by atoms with E-state index in [0.717, 1.165) is 4.47 Å². The smallest absolute Gasteiger partial charge is 0.485 e. The van der Waals surface area contributed by atoms with Crippen molar-refractivity contribution in [1.82, 2.24) is 0 Å². The second kappa shape index (κ2) is 8.27. The van der Waals surface area contributed by atoms with Gasteiger partial charge in [-0.3, -0.25) is 0 Å². The predicted molar refractivity (Wildman–Crippen MR) is 73.7 cm³/mol. The lowest BCUT2D eigenvalue weighted by Gasteiger charge is -2.08. The molecule has 0 aliphatic carbocycles. The van der Waals surface area contributed by atoms with Crippen LogP contribution < -0.4 is 21.2 Å². The molecule has 2 rings (SSSR count). The van der Waals surface area contributed by atoms with Crippen LogP contribution in [-0.4, -0.2) is 18.5 Å². The molecule has 0 saturated carbocycles. The van der Waals surface area contributed by atoms with Crippen LogP contribution in [0.15, 0.2) is 59.1 Å². The molecule has 0 atom stereocenters. The molecule has 0 fully saturated rings. The van der Waals surface area contributed by atoms with Gasteiger partial charge in [0.15, 0.2) is 17.3 Å². The van der Waals surface area contributed by atoms with Gasteiger partial charge >= 0.3 is 26.7 Å². The van der Waals surface area contributed by atoms with Crippen LogP contribution in [0, 0.1) is 7.14 Å². The van der Waals surface area contributed by atoms with E-state index in [1.807, 2.05) is 0 Å². The van der Waals surface area contributed by atoms with Gasteiger partial charge in [-0.1, -0.05) is 34.1 Å². The Bertz CT molecular complexity index is 689. The molecule has 0 unspecified atom stereocenters. The maximum absolute atomic E-state index is 10.7. The van der Waals surface area contributed by atoms with Crippen molar-refractivity contribution in [3.05, 3.63) is 66.2 Å². The van der Waals surface area contributed by atoms with Crippen LogP contribution in [0.5, 0.6) is 0 Å². The zero-order chi connectivity index (χ0) is 16.8. The van der Waals surface area contributed by atoms with E-state index in [0.29, 0.717) is 0 Å². The lowest BCUT2D eigenvalue weighted by atomic mass is 10.4. The second-order valence-corrected chi connectivity index (χ2v) is 9.04. The van der Waals surface area contributed by atoms with Crippen molar-refractivity contribution >= 4 is 26.0 Å². The third-order valence-corrected chi connectivity index (χ3v) is 5.82. The van der Waals surface area contributed by atoms with Crippen molar-refractivity contribution in [1.29, 1.82) is 0 Å². The molecule has 0 amide bonds. The van der Waals surface area contributed by atoms with E-state index in [1.54, 1.807) is 0 Å². The van der Waals surface area contributed by atoms with Crippen molar-refractivity contribution in [2.24, 2.45) is 0 Å². The van der Waals surface area contributed by atoms with Gasteiger partial charge in [-0.05, 0) is 36.4 Å². The summed E-state index contributed by atoms with van der Waals surface area (Å²) in [7, 11) is -6.09. The zero-order valence-corrected chi connectivity index (χ0v) is 15.3. The van der Waals surface area contributed by atoms with Gasteiger partial charge in [0.25, 0.3) is 0 Å². The Hall–Kier alpha value is -0.650. The molecule has 0 aromatic heterocycles. The van der Waals surface area contributed by atoms with Crippen LogP contribution in [-0.2, 0) is 10.1 Å². The van der Waals surface area contributed by atoms with Gasteiger partial charge in [0.2, 0.25) is 0 Å². The molecule has 0 bridgehead atoms. The van der Waals surface area contributed by atoms with E-state index in [2.05, 4.69) is 70.5 Å². The monoisotopic (exact) mass is 508 g/mol. The topological polar surface area (TPSA) is 57.2 Å². The third kappa shape index (κ3) is 7.07. The molecular weight excluding hydrogens is 500 g/mol.